The summed E-state index contributed by atoms with van der Waals surface area (Å²) < 4.78 is 0. The SMILES string of the molecule is CC(C)(C)C(=O)[C@H](Br)C#N. The minimum atomic E-state index is -0.660. The van der Waals surface area contributed by atoms with Crippen LogP contribution in [0.25, 0.3) is 0 Å². The van der Waals surface area contributed by atoms with E-state index in [1.54, 1.807) is 20.8 Å². The van der Waals surface area contributed by atoms with E-state index in [-0.39, 0.29) is 5.78 Å². The Labute approximate surface area is 69.4 Å². The van der Waals surface area contributed by atoms with Gasteiger partial charge in [-0.3, -0.25) is 4.79 Å². The highest BCUT2D eigenvalue weighted by Crippen LogP contribution is 2.19. The van der Waals surface area contributed by atoms with Gasteiger partial charge in [0, 0.05) is 5.41 Å². The molecule has 0 N–H and O–H groups in total. The molecule has 0 heterocycles. The maximum atomic E-state index is 11.1. The van der Waals surface area contributed by atoms with Crippen LogP contribution in [0.2, 0.25) is 0 Å². The first kappa shape index (κ1) is 9.64. The molecule has 3 heteroatoms. The van der Waals surface area contributed by atoms with Gasteiger partial charge in [0.15, 0.2) is 10.6 Å². The van der Waals surface area contributed by atoms with Crippen LogP contribution in [0.15, 0.2) is 0 Å². The lowest BCUT2D eigenvalue weighted by Gasteiger charge is -2.16. The zero-order valence-corrected chi connectivity index (χ0v) is 7.90. The van der Waals surface area contributed by atoms with E-state index in [1.807, 2.05) is 6.07 Å². The van der Waals surface area contributed by atoms with Gasteiger partial charge in [-0.2, -0.15) is 5.26 Å². The normalized spacial score (nSPS) is 13.9. The van der Waals surface area contributed by atoms with E-state index < -0.39 is 10.2 Å². The predicted molar refractivity (Wildman–Crippen MR) is 42.8 cm³/mol. The quantitative estimate of drug-likeness (QED) is 0.612. The molecule has 0 radical (unpaired) electrons. The largest absolute Gasteiger partial charge is 0.297 e. The summed E-state index contributed by atoms with van der Waals surface area (Å²) in [5.74, 6) is -0.0741. The van der Waals surface area contributed by atoms with Crippen molar-refractivity contribution in [3.63, 3.8) is 0 Å². The Morgan fingerprint density at radius 3 is 2.10 bits per heavy atom. The molecule has 0 bridgehead atoms. The molecule has 0 aromatic carbocycles. The Kier molecular flexibility index (Phi) is 3.04. The Morgan fingerprint density at radius 2 is 2.00 bits per heavy atom. The van der Waals surface area contributed by atoms with Crippen LogP contribution in [0, 0.1) is 16.7 Å². The number of nitriles is 1. The van der Waals surface area contributed by atoms with E-state index in [2.05, 4.69) is 15.9 Å². The molecule has 10 heavy (non-hydrogen) atoms. The van der Waals surface area contributed by atoms with E-state index in [0.717, 1.165) is 0 Å². The number of rotatable bonds is 1. The number of halogens is 1. The van der Waals surface area contributed by atoms with E-state index in [0.29, 0.717) is 0 Å². The number of hydrogen-bond acceptors (Lipinski definition) is 2. The summed E-state index contributed by atoms with van der Waals surface area (Å²) in [5.41, 5.74) is -0.427. The van der Waals surface area contributed by atoms with Gasteiger partial charge in [-0.05, 0) is 0 Å². The topological polar surface area (TPSA) is 40.9 Å². The minimum absolute atomic E-state index is 0.0741. The monoisotopic (exact) mass is 203 g/mol. The predicted octanol–water partition coefficient (Wildman–Crippen LogP) is 1.89. The van der Waals surface area contributed by atoms with Crippen LogP contribution >= 0.6 is 15.9 Å². The summed E-state index contributed by atoms with van der Waals surface area (Å²) in [6.45, 7) is 5.38. The molecule has 1 atom stereocenters. The van der Waals surface area contributed by atoms with Crippen molar-refractivity contribution < 1.29 is 4.79 Å². The molecule has 0 spiro atoms. The molecule has 0 fully saturated rings. The first-order chi connectivity index (χ1) is 4.39. The lowest BCUT2D eigenvalue weighted by molar-refractivity contribution is -0.124. The van der Waals surface area contributed by atoms with Gasteiger partial charge >= 0.3 is 0 Å². The summed E-state index contributed by atoms with van der Waals surface area (Å²) in [7, 11) is 0. The molecule has 0 aliphatic rings. The first-order valence-corrected chi connectivity index (χ1v) is 3.89. The third-order valence-corrected chi connectivity index (χ3v) is 1.70. The maximum Gasteiger partial charge on any atom is 0.165 e. The summed E-state index contributed by atoms with van der Waals surface area (Å²) >= 11 is 2.97. The molecular formula is C7H10BrNO. The Morgan fingerprint density at radius 1 is 1.60 bits per heavy atom. The number of ketones is 1. The molecule has 0 rings (SSSR count). The zero-order valence-electron chi connectivity index (χ0n) is 6.31. The number of carbonyl (C=O) groups excluding carboxylic acids is 1. The second kappa shape index (κ2) is 3.16. The number of nitrogens with zero attached hydrogens (tertiary/aromatic N) is 1. The van der Waals surface area contributed by atoms with Gasteiger partial charge in [-0.1, -0.05) is 36.7 Å². The summed E-state index contributed by atoms with van der Waals surface area (Å²) in [6, 6.07) is 1.84. The molecule has 0 unspecified atom stereocenters. The second-order valence-corrected chi connectivity index (χ2v) is 4.02. The highest BCUT2D eigenvalue weighted by molar-refractivity contribution is 9.10. The lowest BCUT2D eigenvalue weighted by Crippen LogP contribution is -2.27. The molecular weight excluding hydrogens is 194 g/mol. The van der Waals surface area contributed by atoms with E-state index in [1.165, 1.54) is 0 Å². The van der Waals surface area contributed by atoms with Gasteiger partial charge in [0.05, 0.1) is 6.07 Å². The molecule has 0 aromatic heterocycles. The third kappa shape index (κ3) is 2.49. The van der Waals surface area contributed by atoms with Crippen molar-refractivity contribution in [2.75, 3.05) is 0 Å². The smallest absolute Gasteiger partial charge is 0.165 e. The third-order valence-electron chi connectivity index (χ3n) is 1.08. The lowest BCUT2D eigenvalue weighted by atomic mass is 9.89. The van der Waals surface area contributed by atoms with Gasteiger partial charge in [-0.15, -0.1) is 0 Å². The zero-order chi connectivity index (χ0) is 8.36. The fourth-order valence-corrected chi connectivity index (χ4v) is 1.13. The van der Waals surface area contributed by atoms with E-state index in [9.17, 15) is 4.79 Å². The highest BCUT2D eigenvalue weighted by atomic mass is 79.9. The summed E-state index contributed by atoms with van der Waals surface area (Å²) in [6.07, 6.45) is 0. The molecule has 0 aliphatic heterocycles. The van der Waals surface area contributed by atoms with Crippen molar-refractivity contribution in [3.8, 4) is 6.07 Å². The first-order valence-electron chi connectivity index (χ1n) is 2.97. The molecule has 0 saturated heterocycles. The van der Waals surface area contributed by atoms with Gasteiger partial charge in [0.1, 0.15) is 0 Å². The van der Waals surface area contributed by atoms with Crippen LogP contribution in [0.1, 0.15) is 20.8 Å². The van der Waals surface area contributed by atoms with Crippen molar-refractivity contribution in [1.82, 2.24) is 0 Å². The average Bonchev–Trinajstić information content (AvgIpc) is 1.83. The standard InChI is InChI=1S/C7H10BrNO/c1-7(2,3)6(10)5(8)4-9/h5H,1-3H3/t5-/m1/s1. The number of alkyl halides is 1. The van der Waals surface area contributed by atoms with Crippen LogP contribution in [0.3, 0.4) is 0 Å². The number of carbonyl (C=O) groups is 1. The van der Waals surface area contributed by atoms with Crippen LogP contribution < -0.4 is 0 Å². The Bertz CT molecular complexity index is 175. The molecule has 0 aromatic rings. The fraction of sp³-hybridized carbons (Fsp3) is 0.714. The fourth-order valence-electron chi connectivity index (χ4n) is 0.439. The van der Waals surface area contributed by atoms with Gasteiger partial charge < -0.3 is 0 Å². The number of Topliss-reactive ketones (excluding diaryl/α,β-unsaturated/α-hetero) is 1. The van der Waals surface area contributed by atoms with Crippen molar-refractivity contribution in [1.29, 1.82) is 5.26 Å². The Balaban J connectivity index is 4.27. The van der Waals surface area contributed by atoms with Gasteiger partial charge in [0.2, 0.25) is 0 Å². The maximum absolute atomic E-state index is 11.1. The summed E-state index contributed by atoms with van der Waals surface area (Å²) in [5, 5.41) is 8.35. The van der Waals surface area contributed by atoms with Crippen molar-refractivity contribution in [2.45, 2.75) is 25.6 Å². The molecule has 56 valence electrons. The minimum Gasteiger partial charge on any atom is -0.297 e. The van der Waals surface area contributed by atoms with Crippen LogP contribution in [-0.4, -0.2) is 10.6 Å². The van der Waals surface area contributed by atoms with Crippen LogP contribution in [0.4, 0.5) is 0 Å². The molecule has 0 saturated carbocycles. The Hall–Kier alpha value is -0.360. The van der Waals surface area contributed by atoms with Gasteiger partial charge in [0.25, 0.3) is 0 Å². The van der Waals surface area contributed by atoms with Crippen LogP contribution in [0.5, 0.6) is 0 Å². The van der Waals surface area contributed by atoms with Crippen molar-refractivity contribution >= 4 is 21.7 Å². The highest BCUT2D eigenvalue weighted by Gasteiger charge is 2.27. The average molecular weight is 204 g/mol. The second-order valence-electron chi connectivity index (χ2n) is 3.11. The summed E-state index contributed by atoms with van der Waals surface area (Å²) in [4.78, 5) is 10.5. The van der Waals surface area contributed by atoms with Crippen LogP contribution in [-0.2, 0) is 4.79 Å². The molecule has 2 nitrogen and oxygen atoms in total. The van der Waals surface area contributed by atoms with Crippen molar-refractivity contribution in [2.24, 2.45) is 5.41 Å². The van der Waals surface area contributed by atoms with E-state index >= 15 is 0 Å². The molecule has 0 aliphatic carbocycles. The van der Waals surface area contributed by atoms with E-state index in [4.69, 9.17) is 5.26 Å². The van der Waals surface area contributed by atoms with Crippen molar-refractivity contribution in [3.05, 3.63) is 0 Å². The number of hydrogen-bond donors (Lipinski definition) is 0. The molecule has 0 amide bonds. The van der Waals surface area contributed by atoms with Gasteiger partial charge in [-0.25, -0.2) is 0 Å².